The summed E-state index contributed by atoms with van der Waals surface area (Å²) in [5.41, 5.74) is 12.2. The summed E-state index contributed by atoms with van der Waals surface area (Å²) in [5.74, 6) is 0. The maximum Gasteiger partial charge on any atom is 0.0810 e. The van der Waals surface area contributed by atoms with Crippen LogP contribution in [0.25, 0.3) is 88.4 Å². The molecule has 3 aromatic heterocycles. The zero-order chi connectivity index (χ0) is 31.3. The smallest absolute Gasteiger partial charge is 0.0810 e. The first-order valence-electron chi connectivity index (χ1n) is 16.2. The Hall–Kier alpha value is -6.06. The van der Waals surface area contributed by atoms with E-state index in [0.29, 0.717) is 0 Å². The Morgan fingerprint density at radius 2 is 1.15 bits per heavy atom. The molecule has 0 unspecified atom stereocenters. The van der Waals surface area contributed by atoms with Crippen molar-refractivity contribution in [1.82, 2.24) is 14.5 Å². The summed E-state index contributed by atoms with van der Waals surface area (Å²) in [7, 11) is 0. The van der Waals surface area contributed by atoms with Gasteiger partial charge in [0, 0.05) is 50.4 Å². The quantitative estimate of drug-likeness (QED) is 0.184. The summed E-state index contributed by atoms with van der Waals surface area (Å²) in [6.07, 6.45) is 0. The summed E-state index contributed by atoms with van der Waals surface area (Å²) in [6, 6.07) is 56.2. The van der Waals surface area contributed by atoms with Crippen LogP contribution in [-0.2, 0) is 6.54 Å². The van der Waals surface area contributed by atoms with Gasteiger partial charge in [0.05, 0.1) is 22.4 Å². The fourth-order valence-electron chi connectivity index (χ4n) is 7.05. The fourth-order valence-corrected chi connectivity index (χ4v) is 7.05. The largest absolute Gasteiger partial charge is 0.341 e. The Labute approximate surface area is 273 Å². The molecule has 0 saturated carbocycles. The molecule has 3 heteroatoms. The van der Waals surface area contributed by atoms with Gasteiger partial charge in [-0.25, -0.2) is 9.97 Å². The molecule has 0 spiro atoms. The van der Waals surface area contributed by atoms with Crippen LogP contribution in [0.5, 0.6) is 0 Å². The predicted molar refractivity (Wildman–Crippen MR) is 197 cm³/mol. The number of hydrogen-bond acceptors (Lipinski definition) is 2. The normalized spacial score (nSPS) is 11.6. The van der Waals surface area contributed by atoms with Gasteiger partial charge in [-0.1, -0.05) is 133 Å². The first-order valence-corrected chi connectivity index (χ1v) is 16.2. The molecule has 0 fully saturated rings. The van der Waals surface area contributed by atoms with Crippen LogP contribution in [0, 0.1) is 0 Å². The highest BCUT2D eigenvalue weighted by Crippen LogP contribution is 2.38. The molecule has 3 nitrogen and oxygen atoms in total. The maximum absolute atomic E-state index is 5.27. The van der Waals surface area contributed by atoms with Crippen molar-refractivity contribution in [3.8, 4) is 44.9 Å². The first-order chi connectivity index (χ1) is 23.2. The highest BCUT2D eigenvalue weighted by atomic mass is 15.0. The lowest BCUT2D eigenvalue weighted by molar-refractivity contribution is 0.805. The van der Waals surface area contributed by atoms with E-state index in [9.17, 15) is 0 Å². The van der Waals surface area contributed by atoms with E-state index in [4.69, 9.17) is 9.97 Å². The minimum Gasteiger partial charge on any atom is -0.341 e. The number of aryl methyl sites for hydroxylation is 1. The lowest BCUT2D eigenvalue weighted by atomic mass is 9.95. The minimum atomic E-state index is 0.932. The van der Waals surface area contributed by atoms with Crippen LogP contribution in [0.4, 0.5) is 0 Å². The van der Waals surface area contributed by atoms with Crippen LogP contribution in [0.1, 0.15) is 6.92 Å². The lowest BCUT2D eigenvalue weighted by Crippen LogP contribution is -1.96. The Balaban J connectivity index is 1.15. The van der Waals surface area contributed by atoms with E-state index < -0.39 is 0 Å². The number of fused-ring (bicyclic) bond motifs is 6. The molecule has 0 bridgehead atoms. The number of nitrogens with zero attached hydrogens (tertiary/aromatic N) is 3. The van der Waals surface area contributed by atoms with Gasteiger partial charge < -0.3 is 4.57 Å². The summed E-state index contributed by atoms with van der Waals surface area (Å²) in [5, 5.41) is 5.77. The molecule has 9 aromatic rings. The van der Waals surface area contributed by atoms with Crippen LogP contribution >= 0.6 is 0 Å². The number of pyridine rings is 2. The zero-order valence-electron chi connectivity index (χ0n) is 26.1. The third-order valence-electron chi connectivity index (χ3n) is 9.39. The van der Waals surface area contributed by atoms with Gasteiger partial charge >= 0.3 is 0 Å². The van der Waals surface area contributed by atoms with Crippen LogP contribution in [0.2, 0.25) is 0 Å². The number of aromatic nitrogens is 3. The van der Waals surface area contributed by atoms with Crippen molar-refractivity contribution >= 4 is 43.5 Å². The molecule has 0 aliphatic carbocycles. The van der Waals surface area contributed by atoms with E-state index >= 15 is 0 Å². The molecule has 0 radical (unpaired) electrons. The third kappa shape index (κ3) is 4.59. The highest BCUT2D eigenvalue weighted by Gasteiger charge is 2.16. The number of hydrogen-bond donors (Lipinski definition) is 0. The summed E-state index contributed by atoms with van der Waals surface area (Å²) in [4.78, 5) is 10.5. The van der Waals surface area contributed by atoms with Crippen molar-refractivity contribution in [2.75, 3.05) is 0 Å². The SMILES string of the molecule is CCn1c(-c2ccc(-c3ccc(-c4nc5ccccc5c5ccc6ccc(-c7ccccc7)nc6c45)cc3)cc2)cc2ccccc21. The number of rotatable bonds is 5. The van der Waals surface area contributed by atoms with Crippen molar-refractivity contribution in [3.05, 3.63) is 158 Å². The summed E-state index contributed by atoms with van der Waals surface area (Å²) >= 11 is 0. The van der Waals surface area contributed by atoms with Gasteiger partial charge in [0.25, 0.3) is 0 Å². The molecule has 9 rings (SSSR count). The van der Waals surface area contributed by atoms with Crippen LogP contribution in [0.3, 0.4) is 0 Å². The van der Waals surface area contributed by atoms with E-state index in [1.165, 1.54) is 38.7 Å². The van der Waals surface area contributed by atoms with Crippen molar-refractivity contribution in [1.29, 1.82) is 0 Å². The van der Waals surface area contributed by atoms with Crippen LogP contribution < -0.4 is 0 Å². The molecule has 0 aliphatic heterocycles. The van der Waals surface area contributed by atoms with E-state index in [1.807, 2.05) is 6.07 Å². The van der Waals surface area contributed by atoms with E-state index in [1.54, 1.807) is 0 Å². The second-order valence-electron chi connectivity index (χ2n) is 12.1. The van der Waals surface area contributed by atoms with Crippen molar-refractivity contribution in [2.24, 2.45) is 0 Å². The number of benzene rings is 6. The number of para-hydroxylation sites is 2. The average molecular weight is 602 g/mol. The zero-order valence-corrected chi connectivity index (χ0v) is 26.1. The molecule has 0 amide bonds. The molecule has 0 atom stereocenters. The second-order valence-corrected chi connectivity index (χ2v) is 12.1. The average Bonchev–Trinajstić information content (AvgIpc) is 3.53. The molecule has 222 valence electrons. The van der Waals surface area contributed by atoms with Gasteiger partial charge in [-0.05, 0) is 53.3 Å². The Morgan fingerprint density at radius 3 is 1.94 bits per heavy atom. The second kappa shape index (κ2) is 11.1. The predicted octanol–water partition coefficient (Wildman–Crippen LogP) is 11.6. The molecule has 47 heavy (non-hydrogen) atoms. The fraction of sp³-hybridized carbons (Fsp3) is 0.0455. The molecular weight excluding hydrogens is 571 g/mol. The molecule has 0 N–H and O–H groups in total. The van der Waals surface area contributed by atoms with Gasteiger partial charge in [0.15, 0.2) is 0 Å². The van der Waals surface area contributed by atoms with Crippen LogP contribution in [-0.4, -0.2) is 14.5 Å². The third-order valence-corrected chi connectivity index (χ3v) is 9.39. The van der Waals surface area contributed by atoms with Crippen molar-refractivity contribution < 1.29 is 0 Å². The molecule has 0 saturated heterocycles. The highest BCUT2D eigenvalue weighted by molar-refractivity contribution is 6.20. The van der Waals surface area contributed by atoms with Crippen LogP contribution in [0.15, 0.2) is 158 Å². The van der Waals surface area contributed by atoms with Gasteiger partial charge in [-0.15, -0.1) is 0 Å². The monoisotopic (exact) mass is 601 g/mol. The Morgan fingerprint density at radius 1 is 0.489 bits per heavy atom. The maximum atomic E-state index is 5.27. The van der Waals surface area contributed by atoms with Crippen molar-refractivity contribution in [3.63, 3.8) is 0 Å². The molecule has 6 aromatic carbocycles. The Kier molecular flexibility index (Phi) is 6.43. The van der Waals surface area contributed by atoms with E-state index in [2.05, 4.69) is 163 Å². The minimum absolute atomic E-state index is 0.932. The lowest BCUT2D eigenvalue weighted by Gasteiger charge is -2.14. The van der Waals surface area contributed by atoms with Gasteiger partial charge in [-0.2, -0.15) is 0 Å². The van der Waals surface area contributed by atoms with Gasteiger partial charge in [0.2, 0.25) is 0 Å². The molecular formula is C44H31N3. The molecule has 3 heterocycles. The topological polar surface area (TPSA) is 30.7 Å². The van der Waals surface area contributed by atoms with E-state index in [0.717, 1.165) is 56.3 Å². The van der Waals surface area contributed by atoms with Gasteiger partial charge in [0.1, 0.15) is 0 Å². The Bertz CT molecular complexity index is 2580. The van der Waals surface area contributed by atoms with Crippen molar-refractivity contribution in [2.45, 2.75) is 13.5 Å². The summed E-state index contributed by atoms with van der Waals surface area (Å²) in [6.45, 7) is 3.14. The summed E-state index contributed by atoms with van der Waals surface area (Å²) < 4.78 is 2.39. The first kappa shape index (κ1) is 27.3. The van der Waals surface area contributed by atoms with Gasteiger partial charge in [-0.3, -0.25) is 0 Å². The van der Waals surface area contributed by atoms with E-state index in [-0.39, 0.29) is 0 Å². The molecule has 0 aliphatic rings. The standard InChI is InChI=1S/C44H31N3/c1-2-47-40-15-9-6-12-35(40)28-41(47)32-20-16-29(17-21-32)30-18-22-33(23-19-30)44-42-37(36-13-7-8-14-39(36)46-44)26-24-34-25-27-38(45-43(34)42)31-10-4-3-5-11-31/h3-28H,2H2,1H3.